The second-order valence-electron chi connectivity index (χ2n) is 35.8. The molecule has 0 atom stereocenters. The van der Waals surface area contributed by atoms with Crippen LogP contribution in [0.2, 0.25) is 0 Å². The minimum Gasteiger partial charge on any atom is -0.456 e. The maximum atomic E-state index is 6.32. The Morgan fingerprint density at radius 2 is 0.442 bits per heavy atom. The molecule has 0 spiro atoms. The highest BCUT2D eigenvalue weighted by Gasteiger charge is 2.31. The van der Waals surface area contributed by atoms with Crippen LogP contribution in [0, 0.1) is 0 Å². The fourth-order valence-corrected chi connectivity index (χ4v) is 20.9. The van der Waals surface area contributed by atoms with Gasteiger partial charge in [-0.1, -0.05) is 303 Å². The van der Waals surface area contributed by atoms with Crippen LogP contribution in [0.1, 0.15) is 0 Å². The number of ether oxygens (including phenoxy) is 3. The van der Waals surface area contributed by atoms with Crippen LogP contribution >= 0.6 is 11.3 Å². The minimum absolute atomic E-state index is 0.601. The fourth-order valence-electron chi connectivity index (χ4n) is 19.7. The maximum absolute atomic E-state index is 6.32. The monoisotopic (exact) mass is 1910 g/mol. The Labute approximate surface area is 847 Å². The number of benzene rings is 20. The summed E-state index contributed by atoms with van der Waals surface area (Å²) >= 11 is 1.78. The summed E-state index contributed by atoms with van der Waals surface area (Å²) in [6.07, 6.45) is 0. The fraction of sp³-hybridized carbons (Fsp3) is 0. The third-order valence-electron chi connectivity index (χ3n) is 26.8. The molecule has 147 heavy (non-hydrogen) atoms. The summed E-state index contributed by atoms with van der Waals surface area (Å²) in [5.74, 6) is 10.5. The van der Waals surface area contributed by atoms with E-state index in [1.165, 1.54) is 20.2 Å². The van der Waals surface area contributed by atoms with Gasteiger partial charge in [0.15, 0.2) is 86.9 Å². The predicted octanol–water partition coefficient (Wildman–Crippen LogP) is 34.8. The molecule has 0 bridgehead atoms. The normalized spacial score (nSPS) is 12.1. The van der Waals surface area contributed by atoms with Gasteiger partial charge in [0.2, 0.25) is 0 Å². The van der Waals surface area contributed by atoms with Gasteiger partial charge >= 0.3 is 0 Å². The van der Waals surface area contributed by atoms with Crippen LogP contribution in [0.25, 0.3) is 189 Å². The molecular formula is C129H80N12O5S. The molecule has 26 aromatic rings. The van der Waals surface area contributed by atoms with E-state index >= 15 is 0 Å². The highest BCUT2D eigenvalue weighted by atomic mass is 32.1. The van der Waals surface area contributed by atoms with E-state index in [-0.39, 0.29) is 0 Å². The van der Waals surface area contributed by atoms with Crippen LogP contribution in [0.5, 0.6) is 34.5 Å². The molecule has 0 saturated heterocycles. The van der Waals surface area contributed by atoms with Crippen molar-refractivity contribution < 1.29 is 23.0 Å². The van der Waals surface area contributed by atoms with Crippen molar-refractivity contribution in [2.24, 2.45) is 0 Å². The van der Waals surface area contributed by atoms with E-state index in [9.17, 15) is 0 Å². The summed E-state index contributed by atoms with van der Waals surface area (Å²) in [6, 6.07) is 165. The second-order valence-corrected chi connectivity index (χ2v) is 36.9. The lowest BCUT2D eigenvalue weighted by Gasteiger charge is -2.32. The van der Waals surface area contributed by atoms with Gasteiger partial charge < -0.3 is 37.7 Å². The molecule has 3 aliphatic rings. The minimum atomic E-state index is 0.601. The second kappa shape index (κ2) is 36.9. The third-order valence-corrected chi connectivity index (χ3v) is 28.0. The number of anilines is 9. The Balaban J connectivity index is 0.000000109. The lowest BCUT2D eigenvalue weighted by Crippen LogP contribution is -2.15. The molecule has 3 aliphatic heterocycles. The van der Waals surface area contributed by atoms with E-state index in [1.54, 1.807) is 11.3 Å². The molecule has 6 aromatic heterocycles. The van der Waals surface area contributed by atoms with Crippen molar-refractivity contribution in [3.05, 3.63) is 485 Å². The lowest BCUT2D eigenvalue weighted by atomic mass is 10.0. The van der Waals surface area contributed by atoms with Crippen molar-refractivity contribution >= 4 is 127 Å². The summed E-state index contributed by atoms with van der Waals surface area (Å²) < 4.78 is 33.5. The van der Waals surface area contributed by atoms with Crippen molar-refractivity contribution in [2.75, 3.05) is 14.7 Å². The van der Waals surface area contributed by atoms with Crippen molar-refractivity contribution in [2.45, 2.75) is 0 Å². The topological polar surface area (TPSA) is 180 Å². The summed E-state index contributed by atoms with van der Waals surface area (Å²) in [4.78, 5) is 51.6. The van der Waals surface area contributed by atoms with E-state index in [2.05, 4.69) is 257 Å². The maximum Gasteiger partial charge on any atom is 0.165 e. The van der Waals surface area contributed by atoms with Crippen molar-refractivity contribution in [1.29, 1.82) is 0 Å². The summed E-state index contributed by atoms with van der Waals surface area (Å²) in [5, 5.41) is 6.91. The van der Waals surface area contributed by atoms with Gasteiger partial charge in [-0.05, 0) is 199 Å². The molecule has 29 rings (SSSR count). The van der Waals surface area contributed by atoms with E-state index in [1.807, 2.05) is 243 Å². The molecule has 0 N–H and O–H groups in total. The molecule has 20 aromatic carbocycles. The lowest BCUT2D eigenvalue weighted by molar-refractivity contribution is 0.477. The first-order valence-corrected chi connectivity index (χ1v) is 49.3. The first-order chi connectivity index (χ1) is 72.8. The Bertz CT molecular complexity index is 9400. The van der Waals surface area contributed by atoms with Crippen LogP contribution in [0.3, 0.4) is 0 Å². The van der Waals surface area contributed by atoms with Gasteiger partial charge in [-0.25, -0.2) is 44.9 Å². The SMILES string of the molecule is c1ccc(-c2nc(-c3ccc(-c4ccc5oc6ccccc6c5c4)cc3)nc(-c3ccc(N4c5ccccc5Oc5ccccc54)cc3)n2)cc1.c1ccc(-c2nc(-c3ccc(-c4cccc5c4oc4ccccc45)cc3)nc(-c3ccc(N4c5ccccc5Oc5ccccc54)cc3)n2)cc1.c1ccc(-c2nc(-c3ccc(N4c5ccccc5Oc5ccccc54)cc3)nc(-c3cccc4c3sc3ccccc34)n2)cc1. The van der Waals surface area contributed by atoms with Gasteiger partial charge in [-0.15, -0.1) is 11.3 Å². The number of hydrogen-bond acceptors (Lipinski definition) is 18. The molecular weight excluding hydrogens is 1830 g/mol. The number of fused-ring (bicyclic) bond motifs is 15. The Kier molecular flexibility index (Phi) is 21.6. The Morgan fingerprint density at radius 3 is 0.837 bits per heavy atom. The first-order valence-electron chi connectivity index (χ1n) is 48.5. The molecule has 18 heteroatoms. The number of hydrogen-bond donors (Lipinski definition) is 0. The standard InChI is InChI=1S/2C45H28N4O2.C39H24N4OS/c1-2-11-30(12-3-1)43-46-44(31-23-21-29(22-24-31)34-14-10-15-36-35-13-4-7-18-39(35)51-42(34)36)48-45(47-43)32-25-27-33(28-26-32)49-37-16-5-8-19-40(37)50-41-20-9-6-17-38(41)49;1-2-10-30(11-3-1)43-46-44(31-20-18-29(19-21-31)33-24-27-40-36(28-33)35-12-4-7-15-39(35)50-40)48-45(47-43)32-22-25-34(26-23-32)49-37-13-5-8-16-41(37)51-42-17-9-6-14-38(42)49;1-2-11-25(12-3-1)37-40-38(42-39(41-37)30-15-10-14-29-28-13-4-9-20-35(28)45-36(29)30)26-21-23-27(24-22-26)43-31-16-5-7-18-33(31)44-34-19-8-6-17-32(34)43/h2*1-28H;1-24H. The van der Waals surface area contributed by atoms with Gasteiger partial charge in [0, 0.05) is 114 Å². The van der Waals surface area contributed by atoms with Gasteiger partial charge in [0.25, 0.3) is 0 Å². The van der Waals surface area contributed by atoms with Gasteiger partial charge in [-0.3, -0.25) is 0 Å². The predicted molar refractivity (Wildman–Crippen MR) is 591 cm³/mol. The highest BCUT2D eigenvalue weighted by Crippen LogP contribution is 2.55. The number of nitrogens with zero attached hydrogens (tertiary/aromatic N) is 12. The van der Waals surface area contributed by atoms with E-state index in [4.69, 9.17) is 67.9 Å². The smallest absolute Gasteiger partial charge is 0.165 e. The number of thiophene rings is 1. The Hall–Kier alpha value is -20.0. The average Bonchev–Trinajstić information content (AvgIpc) is 1.14. The largest absolute Gasteiger partial charge is 0.456 e. The van der Waals surface area contributed by atoms with Crippen molar-refractivity contribution in [1.82, 2.24) is 44.9 Å². The molecule has 692 valence electrons. The molecule has 0 unspecified atom stereocenters. The van der Waals surface area contributed by atoms with E-state index in [0.29, 0.717) is 52.4 Å². The molecule has 0 aliphatic carbocycles. The Morgan fingerprint density at radius 1 is 0.170 bits per heavy atom. The third kappa shape index (κ3) is 16.2. The van der Waals surface area contributed by atoms with E-state index in [0.717, 1.165) is 202 Å². The van der Waals surface area contributed by atoms with Crippen molar-refractivity contribution in [3.8, 4) is 159 Å². The number of aromatic nitrogens is 9. The zero-order valence-corrected chi connectivity index (χ0v) is 79.3. The molecule has 0 amide bonds. The first kappa shape index (κ1) is 86.2. The zero-order valence-electron chi connectivity index (χ0n) is 78.5. The number of rotatable bonds is 14. The molecule has 0 saturated carbocycles. The summed E-state index contributed by atoms with van der Waals surface area (Å²) in [6.45, 7) is 0. The highest BCUT2D eigenvalue weighted by molar-refractivity contribution is 7.26. The van der Waals surface area contributed by atoms with Crippen LogP contribution < -0.4 is 28.9 Å². The van der Waals surface area contributed by atoms with Crippen LogP contribution in [-0.4, -0.2) is 44.9 Å². The number of furan rings is 2. The van der Waals surface area contributed by atoms with Crippen LogP contribution in [0.15, 0.2) is 494 Å². The summed E-state index contributed by atoms with van der Waals surface area (Å²) in [5.41, 5.74) is 25.2. The molecule has 9 heterocycles. The van der Waals surface area contributed by atoms with Gasteiger partial charge in [0.1, 0.15) is 22.3 Å². The quantitative estimate of drug-likeness (QED) is 0.100. The zero-order chi connectivity index (χ0) is 97.2. The van der Waals surface area contributed by atoms with Crippen LogP contribution in [0.4, 0.5) is 51.2 Å². The summed E-state index contributed by atoms with van der Waals surface area (Å²) in [7, 11) is 0. The van der Waals surface area contributed by atoms with Crippen LogP contribution in [-0.2, 0) is 0 Å². The van der Waals surface area contributed by atoms with E-state index < -0.39 is 0 Å². The average molecular weight is 1910 g/mol. The molecule has 0 fully saturated rings. The van der Waals surface area contributed by atoms with Gasteiger partial charge in [-0.2, -0.15) is 0 Å². The number of para-hydroxylation sites is 15. The molecule has 17 nitrogen and oxygen atoms in total. The van der Waals surface area contributed by atoms with Crippen molar-refractivity contribution in [3.63, 3.8) is 0 Å². The molecule has 0 radical (unpaired) electrons. The van der Waals surface area contributed by atoms with Gasteiger partial charge in [0.05, 0.1) is 34.1 Å².